The maximum absolute atomic E-state index is 8.43. The van der Waals surface area contributed by atoms with Gasteiger partial charge >= 0.3 is 0 Å². The highest BCUT2D eigenvalue weighted by Crippen LogP contribution is 2.34. The maximum atomic E-state index is 8.43. The van der Waals surface area contributed by atoms with E-state index in [2.05, 4.69) is 37.3 Å². The summed E-state index contributed by atoms with van der Waals surface area (Å²) in [4.78, 5) is 0. The molecule has 1 aromatic carbocycles. The van der Waals surface area contributed by atoms with Crippen LogP contribution in [-0.2, 0) is 12.8 Å². The molecule has 1 saturated carbocycles. The third kappa shape index (κ3) is 7.74. The van der Waals surface area contributed by atoms with E-state index in [1.54, 1.807) is 0 Å². The zero-order chi connectivity index (χ0) is 17.7. The number of aryl methyl sites for hydroxylation is 2. The number of benzene rings is 1. The van der Waals surface area contributed by atoms with E-state index in [1.807, 2.05) is 18.2 Å². The highest BCUT2D eigenvalue weighted by Gasteiger charge is 2.20. The number of nitriles is 1. The molecule has 0 unspecified atom stereocenters. The summed E-state index contributed by atoms with van der Waals surface area (Å²) in [5, 5.41) is 8.43. The Morgan fingerprint density at radius 2 is 1.52 bits per heavy atom. The second-order valence-corrected chi connectivity index (χ2v) is 7.49. The predicted molar refractivity (Wildman–Crippen MR) is 107 cm³/mol. The number of nitrogens with zero attached hydrogens (tertiary/aromatic N) is 1. The molecule has 134 valence electrons. The fraction of sp³-hybridized carbons (Fsp3) is 0.542. The van der Waals surface area contributed by atoms with E-state index in [0.717, 1.165) is 18.3 Å². The van der Waals surface area contributed by atoms with Crippen molar-refractivity contribution in [2.45, 2.75) is 71.1 Å². The molecule has 0 aliphatic heterocycles. The monoisotopic (exact) mass is 335 g/mol. The quantitative estimate of drug-likeness (QED) is 0.360. The van der Waals surface area contributed by atoms with Crippen LogP contribution in [0.2, 0.25) is 0 Å². The summed E-state index contributed by atoms with van der Waals surface area (Å²) >= 11 is 0. The van der Waals surface area contributed by atoms with Crippen LogP contribution in [0, 0.1) is 23.2 Å². The van der Waals surface area contributed by atoms with Gasteiger partial charge in [0.25, 0.3) is 0 Å². The molecule has 2 rings (SSSR count). The van der Waals surface area contributed by atoms with Crippen molar-refractivity contribution in [1.82, 2.24) is 0 Å². The Kier molecular flexibility index (Phi) is 9.13. The lowest BCUT2D eigenvalue weighted by atomic mass is 9.78. The molecule has 1 nitrogen and oxygen atoms in total. The standard InChI is InChI=1S/C24H33N/c1-2-8-21-10-14-23(15-11-21)18-19-24-16-12-22(13-17-24)9-6-4-3-5-7-20-25/h3-5,7,10-11,14-15,22,24H,2,6,8-9,12-13,16-19H2,1H3/b4-3+,7-5+/t22-,24-. The maximum Gasteiger partial charge on any atom is 0.0912 e. The molecular formula is C24H33N. The molecule has 0 heterocycles. The van der Waals surface area contributed by atoms with E-state index < -0.39 is 0 Å². The molecular weight excluding hydrogens is 302 g/mol. The molecule has 0 saturated heterocycles. The number of allylic oxidation sites excluding steroid dienone is 4. The third-order valence-corrected chi connectivity index (χ3v) is 5.53. The SMILES string of the molecule is CCCc1ccc(CC[C@H]2CC[C@H](CC/C=C/C=C/C#N)CC2)cc1. The van der Waals surface area contributed by atoms with E-state index in [-0.39, 0.29) is 0 Å². The number of hydrogen-bond donors (Lipinski definition) is 0. The largest absolute Gasteiger partial charge is 0.193 e. The van der Waals surface area contributed by atoms with Gasteiger partial charge in [0.05, 0.1) is 6.07 Å². The van der Waals surface area contributed by atoms with Gasteiger partial charge in [0.1, 0.15) is 0 Å². The van der Waals surface area contributed by atoms with Crippen molar-refractivity contribution in [3.8, 4) is 6.07 Å². The fourth-order valence-corrected chi connectivity index (χ4v) is 3.95. The summed E-state index contributed by atoms with van der Waals surface area (Å²) in [5.41, 5.74) is 2.99. The van der Waals surface area contributed by atoms with Crippen LogP contribution in [0.5, 0.6) is 0 Å². The average molecular weight is 336 g/mol. The van der Waals surface area contributed by atoms with Crippen molar-refractivity contribution in [1.29, 1.82) is 5.26 Å². The lowest BCUT2D eigenvalue weighted by molar-refractivity contribution is 0.254. The Balaban J connectivity index is 1.61. The van der Waals surface area contributed by atoms with Crippen LogP contribution in [0.15, 0.2) is 48.6 Å². The lowest BCUT2D eigenvalue weighted by Crippen LogP contribution is -2.15. The minimum atomic E-state index is 0.911. The van der Waals surface area contributed by atoms with E-state index >= 15 is 0 Å². The Hall–Kier alpha value is -1.81. The van der Waals surface area contributed by atoms with Crippen molar-refractivity contribution < 1.29 is 0 Å². The summed E-state index contributed by atoms with van der Waals surface area (Å²) in [6.45, 7) is 2.24. The van der Waals surface area contributed by atoms with Gasteiger partial charge in [-0.25, -0.2) is 0 Å². The van der Waals surface area contributed by atoms with Gasteiger partial charge in [0, 0.05) is 6.08 Å². The Labute approximate surface area is 154 Å². The van der Waals surface area contributed by atoms with Gasteiger partial charge in [0.2, 0.25) is 0 Å². The lowest BCUT2D eigenvalue weighted by Gasteiger charge is -2.28. The zero-order valence-electron chi connectivity index (χ0n) is 15.8. The fourth-order valence-electron chi connectivity index (χ4n) is 3.95. The molecule has 0 bridgehead atoms. The van der Waals surface area contributed by atoms with Crippen LogP contribution in [0.3, 0.4) is 0 Å². The first-order chi connectivity index (χ1) is 12.3. The van der Waals surface area contributed by atoms with Crippen LogP contribution < -0.4 is 0 Å². The van der Waals surface area contributed by atoms with Crippen molar-refractivity contribution in [3.63, 3.8) is 0 Å². The van der Waals surface area contributed by atoms with Gasteiger partial charge in [-0.3, -0.25) is 0 Å². The minimum absolute atomic E-state index is 0.911. The van der Waals surface area contributed by atoms with Crippen LogP contribution in [0.4, 0.5) is 0 Å². The van der Waals surface area contributed by atoms with E-state index in [4.69, 9.17) is 5.26 Å². The van der Waals surface area contributed by atoms with E-state index in [9.17, 15) is 0 Å². The van der Waals surface area contributed by atoms with Gasteiger partial charge < -0.3 is 0 Å². The molecule has 1 aromatic rings. The summed E-state index contributed by atoms with van der Waals surface area (Å²) in [6.07, 6.45) is 20.7. The van der Waals surface area contributed by atoms with Crippen molar-refractivity contribution >= 4 is 0 Å². The molecule has 0 atom stereocenters. The number of rotatable bonds is 9. The predicted octanol–water partition coefficient (Wildman–Crippen LogP) is 6.79. The molecule has 1 fully saturated rings. The molecule has 0 radical (unpaired) electrons. The molecule has 1 heteroatoms. The van der Waals surface area contributed by atoms with Gasteiger partial charge in [-0.2, -0.15) is 5.26 Å². The second-order valence-electron chi connectivity index (χ2n) is 7.49. The van der Waals surface area contributed by atoms with Gasteiger partial charge in [-0.1, -0.05) is 81.5 Å². The smallest absolute Gasteiger partial charge is 0.0912 e. The first kappa shape index (κ1) is 19.5. The molecule has 1 aliphatic rings. The first-order valence-electron chi connectivity index (χ1n) is 10.1. The Bertz CT molecular complexity index is 565. The summed E-state index contributed by atoms with van der Waals surface area (Å²) in [7, 11) is 0. The van der Waals surface area contributed by atoms with Crippen LogP contribution in [0.1, 0.15) is 69.4 Å². The highest BCUT2D eigenvalue weighted by atomic mass is 14.3. The summed E-state index contributed by atoms with van der Waals surface area (Å²) < 4.78 is 0. The molecule has 0 N–H and O–H groups in total. The zero-order valence-corrected chi connectivity index (χ0v) is 15.8. The van der Waals surface area contributed by atoms with Crippen molar-refractivity contribution in [3.05, 3.63) is 59.7 Å². The summed E-state index contributed by atoms with van der Waals surface area (Å²) in [5.74, 6) is 1.84. The molecule has 0 amide bonds. The van der Waals surface area contributed by atoms with Gasteiger partial charge in [0.15, 0.2) is 0 Å². The average Bonchev–Trinajstić information content (AvgIpc) is 2.65. The number of hydrogen-bond acceptors (Lipinski definition) is 1. The molecule has 25 heavy (non-hydrogen) atoms. The van der Waals surface area contributed by atoms with Gasteiger partial charge in [-0.05, 0) is 55.1 Å². The van der Waals surface area contributed by atoms with Gasteiger partial charge in [-0.15, -0.1) is 0 Å². The molecule has 0 spiro atoms. The van der Waals surface area contributed by atoms with E-state index in [1.165, 1.54) is 75.0 Å². The Morgan fingerprint density at radius 1 is 0.920 bits per heavy atom. The van der Waals surface area contributed by atoms with E-state index in [0.29, 0.717) is 0 Å². The topological polar surface area (TPSA) is 23.8 Å². The van der Waals surface area contributed by atoms with Crippen LogP contribution in [0.25, 0.3) is 0 Å². The Morgan fingerprint density at radius 3 is 2.12 bits per heavy atom. The summed E-state index contributed by atoms with van der Waals surface area (Å²) in [6, 6.07) is 11.3. The molecule has 1 aliphatic carbocycles. The van der Waals surface area contributed by atoms with Crippen molar-refractivity contribution in [2.75, 3.05) is 0 Å². The van der Waals surface area contributed by atoms with Crippen molar-refractivity contribution in [2.24, 2.45) is 11.8 Å². The highest BCUT2D eigenvalue weighted by molar-refractivity contribution is 5.22. The van der Waals surface area contributed by atoms with Crippen LogP contribution in [-0.4, -0.2) is 0 Å². The first-order valence-corrected chi connectivity index (χ1v) is 10.1. The molecule has 0 aromatic heterocycles. The van der Waals surface area contributed by atoms with Crippen LogP contribution >= 0.6 is 0 Å². The second kappa shape index (κ2) is 11.7. The third-order valence-electron chi connectivity index (χ3n) is 5.53. The minimum Gasteiger partial charge on any atom is -0.193 e. The normalized spacial score (nSPS) is 21.0.